The first kappa shape index (κ1) is 18.9. The number of hydrogen-bond donors (Lipinski definition) is 0. The Labute approximate surface area is 123 Å². The van der Waals surface area contributed by atoms with Crippen LogP contribution in [0.5, 0.6) is 0 Å². The zero-order valence-electron chi connectivity index (χ0n) is 13.4. The van der Waals surface area contributed by atoms with Crippen molar-refractivity contribution in [2.24, 2.45) is 11.8 Å². The van der Waals surface area contributed by atoms with Crippen LogP contribution in [0.1, 0.15) is 66.2 Å². The van der Waals surface area contributed by atoms with Crippen LogP contribution in [0.4, 0.5) is 0 Å². The summed E-state index contributed by atoms with van der Waals surface area (Å²) in [4.78, 5) is 23.6. The third-order valence-electron chi connectivity index (χ3n) is 3.48. The summed E-state index contributed by atoms with van der Waals surface area (Å²) in [5.41, 5.74) is 0. The van der Waals surface area contributed by atoms with Crippen LogP contribution in [0, 0.1) is 11.8 Å². The van der Waals surface area contributed by atoms with Crippen LogP contribution >= 0.6 is 0 Å². The highest BCUT2D eigenvalue weighted by Gasteiger charge is 2.29. The molecule has 0 aliphatic carbocycles. The van der Waals surface area contributed by atoms with E-state index in [9.17, 15) is 9.59 Å². The Bertz CT molecular complexity index is 276. The summed E-state index contributed by atoms with van der Waals surface area (Å²) in [5, 5.41) is 0. The van der Waals surface area contributed by atoms with Crippen molar-refractivity contribution in [1.82, 2.24) is 0 Å². The summed E-state index contributed by atoms with van der Waals surface area (Å²) in [7, 11) is 0. The zero-order chi connectivity index (χ0) is 15.4. The predicted octanol–water partition coefficient (Wildman–Crippen LogP) is 3.73. The third-order valence-corrected chi connectivity index (χ3v) is 3.48. The van der Waals surface area contributed by atoms with E-state index < -0.39 is 0 Å². The van der Waals surface area contributed by atoms with Gasteiger partial charge in [0.05, 0.1) is 25.6 Å². The SMILES string of the molecule is CCCCCCC(C)C(CC(=O)OCC)C(=O)OCC. The number of hydrogen-bond acceptors (Lipinski definition) is 4. The van der Waals surface area contributed by atoms with E-state index >= 15 is 0 Å². The fraction of sp³-hybridized carbons (Fsp3) is 0.875. The van der Waals surface area contributed by atoms with E-state index in [4.69, 9.17) is 9.47 Å². The molecule has 0 bridgehead atoms. The Hall–Kier alpha value is -1.06. The second kappa shape index (κ2) is 11.7. The molecule has 0 aromatic rings. The number of carbonyl (C=O) groups excluding carboxylic acids is 2. The zero-order valence-corrected chi connectivity index (χ0v) is 13.4. The quantitative estimate of drug-likeness (QED) is 0.429. The molecule has 0 rings (SSSR count). The minimum absolute atomic E-state index is 0.127. The fourth-order valence-electron chi connectivity index (χ4n) is 2.26. The van der Waals surface area contributed by atoms with Gasteiger partial charge < -0.3 is 9.47 Å². The van der Waals surface area contributed by atoms with Crippen LogP contribution in [-0.2, 0) is 19.1 Å². The van der Waals surface area contributed by atoms with Crippen molar-refractivity contribution in [3.05, 3.63) is 0 Å². The molecule has 2 atom stereocenters. The van der Waals surface area contributed by atoms with Gasteiger partial charge in [-0.1, -0.05) is 39.5 Å². The minimum atomic E-state index is -0.379. The van der Waals surface area contributed by atoms with Crippen molar-refractivity contribution in [1.29, 1.82) is 0 Å². The van der Waals surface area contributed by atoms with E-state index in [1.807, 2.05) is 6.92 Å². The molecule has 0 saturated heterocycles. The van der Waals surface area contributed by atoms with Gasteiger partial charge in [-0.2, -0.15) is 0 Å². The standard InChI is InChI=1S/C16H30O4/c1-5-8-9-10-11-13(4)14(16(18)20-7-3)12-15(17)19-6-2/h13-14H,5-12H2,1-4H3. The van der Waals surface area contributed by atoms with E-state index in [0.29, 0.717) is 13.2 Å². The second-order valence-electron chi connectivity index (χ2n) is 5.19. The molecule has 0 aromatic carbocycles. The van der Waals surface area contributed by atoms with Gasteiger partial charge in [0.15, 0.2) is 0 Å². The summed E-state index contributed by atoms with van der Waals surface area (Å²) in [6.07, 6.45) is 5.75. The van der Waals surface area contributed by atoms with Gasteiger partial charge in [-0.15, -0.1) is 0 Å². The molecule has 0 aliphatic heterocycles. The Morgan fingerprint density at radius 1 is 0.950 bits per heavy atom. The van der Waals surface area contributed by atoms with Gasteiger partial charge >= 0.3 is 11.9 Å². The average molecular weight is 286 g/mol. The van der Waals surface area contributed by atoms with Crippen molar-refractivity contribution in [2.45, 2.75) is 66.2 Å². The molecule has 0 amide bonds. The molecule has 2 unspecified atom stereocenters. The first-order chi connectivity index (χ1) is 9.56. The number of rotatable bonds is 11. The highest BCUT2D eigenvalue weighted by molar-refractivity contribution is 5.80. The lowest BCUT2D eigenvalue weighted by Gasteiger charge is -2.21. The van der Waals surface area contributed by atoms with Gasteiger partial charge in [0.25, 0.3) is 0 Å². The molecule has 20 heavy (non-hydrogen) atoms. The molecule has 4 heteroatoms. The van der Waals surface area contributed by atoms with Gasteiger partial charge in [0, 0.05) is 0 Å². The molecule has 118 valence electrons. The van der Waals surface area contributed by atoms with Gasteiger partial charge in [0.2, 0.25) is 0 Å². The number of carbonyl (C=O) groups is 2. The van der Waals surface area contributed by atoms with Crippen molar-refractivity contribution in [3.63, 3.8) is 0 Å². The lowest BCUT2D eigenvalue weighted by atomic mass is 9.87. The number of esters is 2. The molecule has 0 aliphatic rings. The second-order valence-corrected chi connectivity index (χ2v) is 5.19. The molecule has 4 nitrogen and oxygen atoms in total. The topological polar surface area (TPSA) is 52.6 Å². The maximum atomic E-state index is 12.0. The van der Waals surface area contributed by atoms with Crippen LogP contribution < -0.4 is 0 Å². The van der Waals surface area contributed by atoms with E-state index in [1.165, 1.54) is 19.3 Å². The van der Waals surface area contributed by atoms with Gasteiger partial charge in [0.1, 0.15) is 0 Å². The summed E-state index contributed by atoms with van der Waals surface area (Å²) >= 11 is 0. The molecular weight excluding hydrogens is 256 g/mol. The lowest BCUT2D eigenvalue weighted by Crippen LogP contribution is -2.27. The maximum Gasteiger partial charge on any atom is 0.309 e. The van der Waals surface area contributed by atoms with Gasteiger partial charge in [-0.05, 0) is 26.2 Å². The van der Waals surface area contributed by atoms with Crippen molar-refractivity contribution in [2.75, 3.05) is 13.2 Å². The fourth-order valence-corrected chi connectivity index (χ4v) is 2.26. The largest absolute Gasteiger partial charge is 0.466 e. The Balaban J connectivity index is 4.41. The Kier molecular flexibility index (Phi) is 11.1. The normalized spacial score (nSPS) is 13.6. The van der Waals surface area contributed by atoms with Gasteiger partial charge in [-0.3, -0.25) is 9.59 Å². The summed E-state index contributed by atoms with van der Waals surface area (Å²) in [6, 6.07) is 0. The molecule has 0 N–H and O–H groups in total. The predicted molar refractivity (Wildman–Crippen MR) is 79.3 cm³/mol. The smallest absolute Gasteiger partial charge is 0.309 e. The summed E-state index contributed by atoms with van der Waals surface area (Å²) < 4.78 is 10.0. The van der Waals surface area contributed by atoms with Crippen LogP contribution in [-0.4, -0.2) is 25.2 Å². The molecule has 0 saturated carbocycles. The van der Waals surface area contributed by atoms with Crippen molar-refractivity contribution < 1.29 is 19.1 Å². The number of ether oxygens (including phenoxy) is 2. The highest BCUT2D eigenvalue weighted by atomic mass is 16.5. The first-order valence-electron chi connectivity index (χ1n) is 7.88. The number of unbranched alkanes of at least 4 members (excludes halogenated alkanes) is 3. The molecular formula is C16H30O4. The monoisotopic (exact) mass is 286 g/mol. The lowest BCUT2D eigenvalue weighted by molar-refractivity contribution is -0.156. The Morgan fingerprint density at radius 3 is 2.15 bits per heavy atom. The van der Waals surface area contributed by atoms with E-state index in [1.54, 1.807) is 13.8 Å². The van der Waals surface area contributed by atoms with E-state index in [0.717, 1.165) is 12.8 Å². The summed E-state index contributed by atoms with van der Waals surface area (Å²) in [6.45, 7) is 8.44. The molecule has 0 heterocycles. The van der Waals surface area contributed by atoms with Gasteiger partial charge in [-0.25, -0.2) is 0 Å². The average Bonchev–Trinajstić information content (AvgIpc) is 2.41. The van der Waals surface area contributed by atoms with Crippen LogP contribution in [0.25, 0.3) is 0 Å². The van der Waals surface area contributed by atoms with Crippen LogP contribution in [0.15, 0.2) is 0 Å². The van der Waals surface area contributed by atoms with Crippen LogP contribution in [0.2, 0.25) is 0 Å². The molecule has 0 aromatic heterocycles. The first-order valence-corrected chi connectivity index (χ1v) is 7.88. The van der Waals surface area contributed by atoms with Crippen molar-refractivity contribution in [3.8, 4) is 0 Å². The Morgan fingerprint density at radius 2 is 1.60 bits per heavy atom. The summed E-state index contributed by atoms with van der Waals surface area (Å²) in [5.74, 6) is -0.819. The van der Waals surface area contributed by atoms with E-state index in [2.05, 4.69) is 6.92 Å². The third kappa shape index (κ3) is 8.18. The highest BCUT2D eigenvalue weighted by Crippen LogP contribution is 2.24. The molecule has 0 radical (unpaired) electrons. The van der Waals surface area contributed by atoms with Crippen LogP contribution in [0.3, 0.4) is 0 Å². The minimum Gasteiger partial charge on any atom is -0.466 e. The van der Waals surface area contributed by atoms with E-state index in [-0.39, 0.29) is 30.2 Å². The van der Waals surface area contributed by atoms with Crippen molar-refractivity contribution >= 4 is 11.9 Å². The molecule has 0 fully saturated rings. The maximum absolute atomic E-state index is 12.0. The molecule has 0 spiro atoms.